The zero-order valence-electron chi connectivity index (χ0n) is 12.5. The summed E-state index contributed by atoms with van der Waals surface area (Å²) in [6.45, 7) is 1.50. The predicted molar refractivity (Wildman–Crippen MR) is 85.0 cm³/mol. The Hall–Kier alpha value is -1.68. The van der Waals surface area contributed by atoms with Gasteiger partial charge in [-0.15, -0.1) is 0 Å². The van der Waals surface area contributed by atoms with Gasteiger partial charge in [0.25, 0.3) is 0 Å². The van der Waals surface area contributed by atoms with Crippen LogP contribution in [0.2, 0.25) is 0 Å². The third-order valence-electron chi connectivity index (χ3n) is 3.44. The van der Waals surface area contributed by atoms with Crippen LogP contribution in [0.1, 0.15) is 16.7 Å². The molecule has 0 unspecified atom stereocenters. The molecule has 0 bridgehead atoms. The van der Waals surface area contributed by atoms with E-state index in [-0.39, 0.29) is 12.6 Å². The molecule has 0 amide bonds. The van der Waals surface area contributed by atoms with Gasteiger partial charge in [-0.1, -0.05) is 54.6 Å². The van der Waals surface area contributed by atoms with Gasteiger partial charge in [0.15, 0.2) is 0 Å². The lowest BCUT2D eigenvalue weighted by atomic mass is 10.1. The fourth-order valence-corrected chi connectivity index (χ4v) is 2.36. The molecule has 2 aromatic rings. The lowest BCUT2D eigenvalue weighted by Crippen LogP contribution is -2.34. The highest BCUT2D eigenvalue weighted by Crippen LogP contribution is 2.08. The molecule has 1 atom stereocenters. The number of hydrogen-bond acceptors (Lipinski definition) is 3. The van der Waals surface area contributed by atoms with Crippen molar-refractivity contribution in [1.82, 2.24) is 5.32 Å². The number of methoxy groups -OCH3 is 1. The van der Waals surface area contributed by atoms with Crippen molar-refractivity contribution in [3.05, 3.63) is 71.3 Å². The molecule has 0 aliphatic heterocycles. The lowest BCUT2D eigenvalue weighted by Gasteiger charge is -2.16. The second-order valence-corrected chi connectivity index (χ2v) is 5.20. The van der Waals surface area contributed by atoms with Crippen LogP contribution in [0.4, 0.5) is 0 Å². The van der Waals surface area contributed by atoms with Crippen molar-refractivity contribution in [2.75, 3.05) is 13.7 Å². The Bertz CT molecular complexity index is 528. The van der Waals surface area contributed by atoms with Crippen molar-refractivity contribution >= 4 is 0 Å². The van der Waals surface area contributed by atoms with E-state index in [0.29, 0.717) is 6.61 Å². The highest BCUT2D eigenvalue weighted by atomic mass is 16.5. The number of aliphatic hydroxyl groups is 1. The summed E-state index contributed by atoms with van der Waals surface area (Å²) in [5.74, 6) is 0. The molecule has 0 aliphatic carbocycles. The topological polar surface area (TPSA) is 41.5 Å². The Morgan fingerprint density at radius 3 is 2.43 bits per heavy atom. The van der Waals surface area contributed by atoms with Crippen molar-refractivity contribution in [2.24, 2.45) is 0 Å². The molecule has 3 heteroatoms. The molecule has 0 fully saturated rings. The van der Waals surface area contributed by atoms with Gasteiger partial charge in [-0.3, -0.25) is 0 Å². The van der Waals surface area contributed by atoms with Crippen LogP contribution in [0.25, 0.3) is 0 Å². The van der Waals surface area contributed by atoms with Crippen LogP contribution in [0.3, 0.4) is 0 Å². The minimum atomic E-state index is 0.0680. The first-order valence-corrected chi connectivity index (χ1v) is 7.26. The second-order valence-electron chi connectivity index (χ2n) is 5.20. The third kappa shape index (κ3) is 5.31. The van der Waals surface area contributed by atoms with Crippen LogP contribution >= 0.6 is 0 Å². The van der Waals surface area contributed by atoms with Gasteiger partial charge < -0.3 is 15.2 Å². The van der Waals surface area contributed by atoms with E-state index in [1.165, 1.54) is 16.7 Å². The number of rotatable bonds is 8. The van der Waals surface area contributed by atoms with Gasteiger partial charge in [-0.05, 0) is 23.1 Å². The minimum absolute atomic E-state index is 0.0680. The van der Waals surface area contributed by atoms with Crippen LogP contribution in [0.5, 0.6) is 0 Å². The Morgan fingerprint density at radius 2 is 1.71 bits per heavy atom. The van der Waals surface area contributed by atoms with Gasteiger partial charge in [-0.25, -0.2) is 0 Å². The average molecular weight is 285 g/mol. The smallest absolute Gasteiger partial charge is 0.0713 e. The van der Waals surface area contributed by atoms with Crippen molar-refractivity contribution in [3.8, 4) is 0 Å². The van der Waals surface area contributed by atoms with E-state index in [0.717, 1.165) is 13.0 Å². The molecule has 0 radical (unpaired) electrons. The van der Waals surface area contributed by atoms with E-state index in [1.807, 2.05) is 24.3 Å². The van der Waals surface area contributed by atoms with Gasteiger partial charge in [0.05, 0.1) is 13.2 Å². The molecule has 2 aromatic carbocycles. The van der Waals surface area contributed by atoms with Crippen molar-refractivity contribution in [1.29, 1.82) is 0 Å². The molecule has 112 valence electrons. The molecule has 0 aromatic heterocycles. The van der Waals surface area contributed by atoms with Crippen LogP contribution in [-0.2, 0) is 24.3 Å². The van der Waals surface area contributed by atoms with E-state index in [9.17, 15) is 5.11 Å². The number of nitrogens with one attached hydrogen (secondary N) is 1. The summed E-state index contributed by atoms with van der Waals surface area (Å²) in [5, 5.41) is 12.9. The molecule has 21 heavy (non-hydrogen) atoms. The summed E-state index contributed by atoms with van der Waals surface area (Å²) in [6, 6.07) is 18.6. The van der Waals surface area contributed by atoms with Crippen LogP contribution in [-0.4, -0.2) is 24.9 Å². The Balaban J connectivity index is 1.89. The largest absolute Gasteiger partial charge is 0.395 e. The molecule has 0 heterocycles. The van der Waals surface area contributed by atoms with Gasteiger partial charge in [0.2, 0.25) is 0 Å². The standard InChI is InChI=1S/C18H23NO2/c1-21-14-17-9-5-8-16(10-17)12-19-18(13-20)11-15-6-3-2-4-7-15/h2-10,18-20H,11-14H2,1H3/t18-/m0/s1. The van der Waals surface area contributed by atoms with Crippen molar-refractivity contribution in [3.63, 3.8) is 0 Å². The monoisotopic (exact) mass is 285 g/mol. The predicted octanol–water partition coefficient (Wildman–Crippen LogP) is 2.53. The molecule has 2 N–H and O–H groups in total. The molecule has 0 saturated heterocycles. The molecule has 2 rings (SSSR count). The maximum atomic E-state index is 9.52. The fourth-order valence-electron chi connectivity index (χ4n) is 2.36. The Morgan fingerprint density at radius 1 is 1.00 bits per heavy atom. The molecule has 3 nitrogen and oxygen atoms in total. The van der Waals surface area contributed by atoms with Crippen molar-refractivity contribution in [2.45, 2.75) is 25.6 Å². The van der Waals surface area contributed by atoms with Gasteiger partial charge in [0, 0.05) is 19.7 Å². The van der Waals surface area contributed by atoms with E-state index in [1.54, 1.807) is 7.11 Å². The van der Waals surface area contributed by atoms with Crippen molar-refractivity contribution < 1.29 is 9.84 Å². The highest BCUT2D eigenvalue weighted by Gasteiger charge is 2.08. The van der Waals surface area contributed by atoms with E-state index >= 15 is 0 Å². The number of hydrogen-bond donors (Lipinski definition) is 2. The molecular weight excluding hydrogens is 262 g/mol. The third-order valence-corrected chi connectivity index (χ3v) is 3.44. The zero-order valence-corrected chi connectivity index (χ0v) is 12.5. The molecule has 0 spiro atoms. The summed E-state index contributed by atoms with van der Waals surface area (Å²) >= 11 is 0. The summed E-state index contributed by atoms with van der Waals surface area (Å²) in [4.78, 5) is 0. The normalized spacial score (nSPS) is 12.3. The van der Waals surface area contributed by atoms with Gasteiger partial charge in [0.1, 0.15) is 0 Å². The summed E-state index contributed by atoms with van der Waals surface area (Å²) in [6.07, 6.45) is 0.828. The number of ether oxygens (including phenoxy) is 1. The first-order chi connectivity index (χ1) is 10.3. The average Bonchev–Trinajstić information content (AvgIpc) is 2.53. The summed E-state index contributed by atoms with van der Waals surface area (Å²) in [5.41, 5.74) is 3.61. The maximum Gasteiger partial charge on any atom is 0.0713 e. The minimum Gasteiger partial charge on any atom is -0.395 e. The highest BCUT2D eigenvalue weighted by molar-refractivity contribution is 5.23. The fraction of sp³-hybridized carbons (Fsp3) is 0.333. The number of benzene rings is 2. The van der Waals surface area contributed by atoms with Crippen LogP contribution in [0.15, 0.2) is 54.6 Å². The quantitative estimate of drug-likeness (QED) is 0.783. The molecular formula is C18H23NO2. The molecule has 0 aliphatic rings. The van der Waals surface area contributed by atoms with E-state index in [2.05, 4.69) is 35.6 Å². The first kappa shape index (κ1) is 15.7. The maximum absolute atomic E-state index is 9.52. The van der Waals surface area contributed by atoms with Gasteiger partial charge >= 0.3 is 0 Å². The first-order valence-electron chi connectivity index (χ1n) is 7.26. The molecule has 0 saturated carbocycles. The van der Waals surface area contributed by atoms with E-state index < -0.39 is 0 Å². The summed E-state index contributed by atoms with van der Waals surface area (Å²) < 4.78 is 5.15. The Labute approximate surface area is 126 Å². The summed E-state index contributed by atoms with van der Waals surface area (Å²) in [7, 11) is 1.70. The lowest BCUT2D eigenvalue weighted by molar-refractivity contribution is 0.185. The van der Waals surface area contributed by atoms with Crippen LogP contribution < -0.4 is 5.32 Å². The second kappa shape index (κ2) is 8.57. The number of aliphatic hydroxyl groups excluding tert-OH is 1. The zero-order chi connectivity index (χ0) is 14.9. The van der Waals surface area contributed by atoms with Crippen LogP contribution in [0, 0.1) is 0 Å². The van der Waals surface area contributed by atoms with Gasteiger partial charge in [-0.2, -0.15) is 0 Å². The Kier molecular flexibility index (Phi) is 6.41. The SMILES string of the molecule is COCc1cccc(CN[C@H](CO)Cc2ccccc2)c1. The van der Waals surface area contributed by atoms with E-state index in [4.69, 9.17) is 4.74 Å².